The Morgan fingerprint density at radius 3 is 2.47 bits per heavy atom. The van der Waals surface area contributed by atoms with Gasteiger partial charge in [-0.15, -0.1) is 0 Å². The van der Waals surface area contributed by atoms with Gasteiger partial charge in [0.25, 0.3) is 0 Å². The summed E-state index contributed by atoms with van der Waals surface area (Å²) in [5, 5.41) is 18.8. The number of urea groups is 2. The van der Waals surface area contributed by atoms with Crippen molar-refractivity contribution in [3.8, 4) is 11.5 Å². The first-order valence-electron chi connectivity index (χ1n) is 15.1. The van der Waals surface area contributed by atoms with E-state index in [1.165, 1.54) is 6.42 Å². The number of amides is 5. The van der Waals surface area contributed by atoms with Gasteiger partial charge in [-0.25, -0.2) is 9.59 Å². The van der Waals surface area contributed by atoms with Gasteiger partial charge in [0, 0.05) is 42.5 Å². The Morgan fingerprint density at radius 1 is 1.09 bits per heavy atom. The third-order valence-corrected chi connectivity index (χ3v) is 8.26. The number of fused-ring (bicyclic) bond motifs is 1. The highest BCUT2D eigenvalue weighted by Gasteiger charge is 2.32. The molecular formula is C32H45N5O6. The quantitative estimate of drug-likeness (QED) is 0.356. The van der Waals surface area contributed by atoms with Gasteiger partial charge in [0.05, 0.1) is 32.7 Å². The third-order valence-electron chi connectivity index (χ3n) is 8.26. The lowest BCUT2D eigenvalue weighted by Gasteiger charge is -2.34. The van der Waals surface area contributed by atoms with Crippen molar-refractivity contribution in [2.45, 2.75) is 70.6 Å². The number of aliphatic hydroxyl groups excluding tert-OH is 1. The molecule has 234 valence electrons. The van der Waals surface area contributed by atoms with Gasteiger partial charge < -0.3 is 40.3 Å². The number of hydrogen-bond acceptors (Lipinski definition) is 6. The van der Waals surface area contributed by atoms with Crippen LogP contribution in [0.25, 0.3) is 0 Å². The molecule has 2 aromatic carbocycles. The van der Waals surface area contributed by atoms with Gasteiger partial charge in [-0.2, -0.15) is 0 Å². The second-order valence-corrected chi connectivity index (χ2v) is 11.7. The zero-order valence-corrected chi connectivity index (χ0v) is 25.6. The van der Waals surface area contributed by atoms with E-state index in [4.69, 9.17) is 9.47 Å². The first-order valence-corrected chi connectivity index (χ1v) is 15.1. The number of ether oxygens (including phenoxy) is 2. The summed E-state index contributed by atoms with van der Waals surface area (Å²) in [6, 6.07) is 11.6. The number of hydrogen-bond donors (Lipinski definition) is 4. The summed E-state index contributed by atoms with van der Waals surface area (Å²) in [4.78, 5) is 42.5. The molecule has 0 radical (unpaired) electrons. The summed E-state index contributed by atoms with van der Waals surface area (Å²) in [5.74, 6) is 0.899. The number of carbonyl (C=O) groups excluding carboxylic acids is 3. The highest BCUT2D eigenvalue weighted by molar-refractivity contribution is 5.90. The Labute approximate surface area is 253 Å². The Bertz CT molecular complexity index is 1250. The maximum absolute atomic E-state index is 13.5. The predicted octanol–water partition coefficient (Wildman–Crippen LogP) is 4.46. The number of carbonyl (C=O) groups is 3. The van der Waals surface area contributed by atoms with Crippen LogP contribution in [0.1, 0.15) is 51.5 Å². The van der Waals surface area contributed by atoms with E-state index in [0.29, 0.717) is 35.0 Å². The number of anilines is 2. The number of rotatable bonds is 8. The highest BCUT2D eigenvalue weighted by atomic mass is 16.5. The molecule has 0 saturated heterocycles. The summed E-state index contributed by atoms with van der Waals surface area (Å²) in [6.45, 7) is 4.20. The van der Waals surface area contributed by atoms with Crippen LogP contribution in [0.15, 0.2) is 42.5 Å². The van der Waals surface area contributed by atoms with E-state index >= 15 is 0 Å². The number of nitrogens with one attached hydrogen (secondary N) is 3. The maximum Gasteiger partial charge on any atom is 0.321 e. The first-order chi connectivity index (χ1) is 20.7. The lowest BCUT2D eigenvalue weighted by Crippen LogP contribution is -2.48. The number of aliphatic hydroxyl groups is 1. The summed E-state index contributed by atoms with van der Waals surface area (Å²) >= 11 is 0. The Balaban J connectivity index is 1.52. The van der Waals surface area contributed by atoms with Crippen LogP contribution in [-0.4, -0.2) is 84.9 Å². The molecule has 0 unspecified atom stereocenters. The van der Waals surface area contributed by atoms with Crippen LogP contribution in [0, 0.1) is 5.92 Å². The van der Waals surface area contributed by atoms with E-state index in [0.717, 1.165) is 25.7 Å². The topological polar surface area (TPSA) is 132 Å². The standard InChI is InChI=1S/C32H45N5O6/c1-21-18-37(22(2)20-38)30(39)17-23-16-26(34-31(40)33-24-8-6-5-7-9-24)12-15-28(23)43-29(21)19-36(3)32(41)35-25-10-13-27(42-4)14-11-25/h10-16,21-22,24,29,38H,5-9,17-20H2,1-4H3,(H,35,41)(H2,33,34,40)/t21-,22+,29-/m1/s1. The van der Waals surface area contributed by atoms with Crippen LogP contribution in [0.4, 0.5) is 21.0 Å². The summed E-state index contributed by atoms with van der Waals surface area (Å²) in [5.41, 5.74) is 1.82. The number of methoxy groups -OCH3 is 1. The van der Waals surface area contributed by atoms with Crippen LogP contribution in [-0.2, 0) is 11.2 Å². The molecule has 4 rings (SSSR count). The Kier molecular flexibility index (Phi) is 11.1. The van der Waals surface area contributed by atoms with Crippen molar-refractivity contribution in [2.24, 2.45) is 5.92 Å². The van der Waals surface area contributed by atoms with Gasteiger partial charge in [0.1, 0.15) is 17.6 Å². The molecular weight excluding hydrogens is 550 g/mol. The summed E-state index contributed by atoms with van der Waals surface area (Å²) in [6.07, 6.45) is 4.97. The van der Waals surface area contributed by atoms with E-state index in [2.05, 4.69) is 16.0 Å². The van der Waals surface area contributed by atoms with E-state index in [-0.39, 0.29) is 49.5 Å². The van der Waals surface area contributed by atoms with Crippen molar-refractivity contribution in [3.05, 3.63) is 48.0 Å². The monoisotopic (exact) mass is 595 g/mol. The number of benzene rings is 2. The average Bonchev–Trinajstić information content (AvgIpc) is 3.04. The fraction of sp³-hybridized carbons (Fsp3) is 0.531. The number of likely N-dealkylation sites (N-methyl/N-ethyl adjacent to an activating group) is 1. The molecule has 1 saturated carbocycles. The van der Waals surface area contributed by atoms with Gasteiger partial charge in [-0.1, -0.05) is 26.2 Å². The van der Waals surface area contributed by atoms with Crippen molar-refractivity contribution in [3.63, 3.8) is 0 Å². The lowest BCUT2D eigenvalue weighted by atomic mass is 9.96. The molecule has 1 heterocycles. The van der Waals surface area contributed by atoms with Gasteiger partial charge in [-0.05, 0) is 62.2 Å². The molecule has 4 N–H and O–H groups in total. The van der Waals surface area contributed by atoms with E-state index in [1.807, 2.05) is 6.92 Å². The van der Waals surface area contributed by atoms with Crippen LogP contribution in [0.3, 0.4) is 0 Å². The van der Waals surface area contributed by atoms with E-state index < -0.39 is 12.1 Å². The van der Waals surface area contributed by atoms with Gasteiger partial charge in [0.2, 0.25) is 5.91 Å². The molecule has 0 spiro atoms. The van der Waals surface area contributed by atoms with Gasteiger partial charge in [0.15, 0.2) is 0 Å². The zero-order valence-electron chi connectivity index (χ0n) is 25.6. The van der Waals surface area contributed by atoms with Crippen molar-refractivity contribution < 1.29 is 29.0 Å². The SMILES string of the molecule is COc1ccc(NC(=O)N(C)C[C@H]2Oc3ccc(NC(=O)NC4CCCCC4)cc3CC(=O)N([C@@H](C)CO)C[C@H]2C)cc1. The zero-order chi connectivity index (χ0) is 30.9. The maximum atomic E-state index is 13.5. The normalized spacial score (nSPS) is 19.9. The van der Waals surface area contributed by atoms with Gasteiger partial charge >= 0.3 is 12.1 Å². The third kappa shape index (κ3) is 8.76. The molecule has 43 heavy (non-hydrogen) atoms. The van der Waals surface area contributed by atoms with Crippen LogP contribution in [0.5, 0.6) is 11.5 Å². The smallest absolute Gasteiger partial charge is 0.321 e. The fourth-order valence-corrected chi connectivity index (χ4v) is 5.57. The van der Waals surface area contributed by atoms with Crippen LogP contribution < -0.4 is 25.4 Å². The molecule has 2 aliphatic rings. The largest absolute Gasteiger partial charge is 0.497 e. The highest BCUT2D eigenvalue weighted by Crippen LogP contribution is 2.29. The molecule has 1 aliphatic carbocycles. The minimum absolute atomic E-state index is 0.0483. The molecule has 5 amide bonds. The average molecular weight is 596 g/mol. The molecule has 11 heteroatoms. The van der Waals surface area contributed by atoms with Crippen molar-refractivity contribution in [1.29, 1.82) is 0 Å². The van der Waals surface area contributed by atoms with E-state index in [9.17, 15) is 19.5 Å². The minimum atomic E-state index is -0.460. The molecule has 11 nitrogen and oxygen atoms in total. The lowest BCUT2D eigenvalue weighted by molar-refractivity contribution is -0.134. The fourth-order valence-electron chi connectivity index (χ4n) is 5.57. The molecule has 2 aromatic rings. The predicted molar refractivity (Wildman–Crippen MR) is 166 cm³/mol. The minimum Gasteiger partial charge on any atom is -0.497 e. The van der Waals surface area contributed by atoms with Crippen molar-refractivity contribution in [1.82, 2.24) is 15.1 Å². The van der Waals surface area contributed by atoms with Gasteiger partial charge in [-0.3, -0.25) is 4.79 Å². The van der Waals surface area contributed by atoms with Crippen LogP contribution >= 0.6 is 0 Å². The summed E-state index contributed by atoms with van der Waals surface area (Å²) in [7, 11) is 3.28. The second kappa shape index (κ2) is 15.0. The first kappa shape index (κ1) is 31.9. The molecule has 0 aromatic heterocycles. The number of nitrogens with zero attached hydrogens (tertiary/aromatic N) is 2. The summed E-state index contributed by atoms with van der Waals surface area (Å²) < 4.78 is 11.7. The van der Waals surface area contributed by atoms with Crippen molar-refractivity contribution >= 4 is 29.3 Å². The molecule has 0 bridgehead atoms. The van der Waals surface area contributed by atoms with Crippen molar-refractivity contribution in [2.75, 3.05) is 44.5 Å². The Morgan fingerprint density at radius 2 is 1.79 bits per heavy atom. The van der Waals surface area contributed by atoms with Crippen LogP contribution in [0.2, 0.25) is 0 Å². The Hall–Kier alpha value is -3.99. The molecule has 3 atom stereocenters. The molecule has 1 aliphatic heterocycles. The molecule has 1 fully saturated rings. The second-order valence-electron chi connectivity index (χ2n) is 11.7. The van der Waals surface area contributed by atoms with E-state index in [1.54, 1.807) is 73.3 Å².